The quantitative estimate of drug-likeness (QED) is 0.336. The van der Waals surface area contributed by atoms with Crippen LogP contribution in [0.25, 0.3) is 5.76 Å². The summed E-state index contributed by atoms with van der Waals surface area (Å²) in [6, 6.07) is 11.0. The first-order chi connectivity index (χ1) is 15.8. The van der Waals surface area contributed by atoms with Gasteiger partial charge in [0.25, 0.3) is 11.7 Å². The second kappa shape index (κ2) is 10.7. The summed E-state index contributed by atoms with van der Waals surface area (Å²) < 4.78 is 11.1. The molecule has 1 fully saturated rings. The molecule has 33 heavy (non-hydrogen) atoms. The van der Waals surface area contributed by atoms with Gasteiger partial charge in [0.2, 0.25) is 0 Å². The Kier molecular flexibility index (Phi) is 8.00. The number of hydrogen-bond acceptors (Lipinski definition) is 6. The van der Waals surface area contributed by atoms with Crippen LogP contribution in [0.1, 0.15) is 30.5 Å². The van der Waals surface area contributed by atoms with E-state index < -0.39 is 17.7 Å². The van der Waals surface area contributed by atoms with Gasteiger partial charge in [-0.15, -0.1) is 0 Å². The normalized spacial score (nSPS) is 17.6. The molecule has 0 saturated carbocycles. The molecular weight excluding hydrogens is 444 g/mol. The van der Waals surface area contributed by atoms with E-state index in [2.05, 4.69) is 0 Å². The van der Waals surface area contributed by atoms with Gasteiger partial charge in [-0.2, -0.15) is 0 Å². The largest absolute Gasteiger partial charge is 0.507 e. The second-order valence-corrected chi connectivity index (χ2v) is 8.44. The third-order valence-electron chi connectivity index (χ3n) is 5.47. The molecule has 0 aliphatic carbocycles. The van der Waals surface area contributed by atoms with Gasteiger partial charge in [0.15, 0.2) is 11.5 Å². The summed E-state index contributed by atoms with van der Waals surface area (Å²) in [6.45, 7) is 3.45. The van der Waals surface area contributed by atoms with Crippen LogP contribution >= 0.6 is 11.6 Å². The van der Waals surface area contributed by atoms with Crippen molar-refractivity contribution in [3.63, 3.8) is 0 Å². The SMILES string of the molecule is CCOc1ccc(C2C(=C(O)c3ccc(Cl)cc3)C(=O)C(=O)N2CCCN(C)C)cc1OC. The summed E-state index contributed by atoms with van der Waals surface area (Å²) in [5.74, 6) is -0.545. The van der Waals surface area contributed by atoms with Gasteiger partial charge >= 0.3 is 0 Å². The molecule has 1 heterocycles. The Labute approximate surface area is 199 Å². The number of aliphatic hydroxyl groups is 1. The van der Waals surface area contributed by atoms with Crippen LogP contribution in [-0.2, 0) is 9.59 Å². The first-order valence-electron chi connectivity index (χ1n) is 10.8. The molecule has 1 aliphatic heterocycles. The first kappa shape index (κ1) is 24.6. The lowest BCUT2D eigenvalue weighted by atomic mass is 9.95. The summed E-state index contributed by atoms with van der Waals surface area (Å²) in [5, 5.41) is 11.6. The zero-order chi connectivity index (χ0) is 24.1. The number of halogens is 1. The molecule has 1 aliphatic rings. The van der Waals surface area contributed by atoms with Crippen LogP contribution < -0.4 is 9.47 Å². The number of hydrogen-bond donors (Lipinski definition) is 1. The summed E-state index contributed by atoms with van der Waals surface area (Å²) >= 11 is 5.98. The fourth-order valence-electron chi connectivity index (χ4n) is 3.91. The van der Waals surface area contributed by atoms with Crippen molar-refractivity contribution in [1.82, 2.24) is 9.80 Å². The van der Waals surface area contributed by atoms with Gasteiger partial charge < -0.3 is 24.4 Å². The molecule has 1 N–H and O–H groups in total. The van der Waals surface area contributed by atoms with Crippen molar-refractivity contribution in [2.24, 2.45) is 0 Å². The number of methoxy groups -OCH3 is 1. The van der Waals surface area contributed by atoms with Gasteiger partial charge in [0.05, 0.1) is 25.3 Å². The topological polar surface area (TPSA) is 79.3 Å². The number of carbonyl (C=O) groups excluding carboxylic acids is 2. The van der Waals surface area contributed by atoms with Gasteiger partial charge in [0, 0.05) is 17.1 Å². The first-order valence-corrected chi connectivity index (χ1v) is 11.2. The predicted octanol–water partition coefficient (Wildman–Crippen LogP) is 4.12. The van der Waals surface area contributed by atoms with Crippen molar-refractivity contribution in [2.75, 3.05) is 40.9 Å². The molecule has 1 unspecified atom stereocenters. The van der Waals surface area contributed by atoms with E-state index in [0.29, 0.717) is 47.2 Å². The molecular formula is C25H29ClN2O5. The number of carbonyl (C=O) groups is 2. The number of ketones is 1. The van der Waals surface area contributed by atoms with E-state index in [4.69, 9.17) is 21.1 Å². The van der Waals surface area contributed by atoms with Gasteiger partial charge in [-0.05, 0) is 75.9 Å². The van der Waals surface area contributed by atoms with Crippen LogP contribution in [0, 0.1) is 0 Å². The van der Waals surface area contributed by atoms with Crippen LogP contribution in [0.5, 0.6) is 11.5 Å². The number of ether oxygens (including phenoxy) is 2. The Morgan fingerprint density at radius 2 is 1.82 bits per heavy atom. The van der Waals surface area contributed by atoms with E-state index in [-0.39, 0.29) is 11.3 Å². The van der Waals surface area contributed by atoms with Crippen molar-refractivity contribution < 1.29 is 24.2 Å². The smallest absolute Gasteiger partial charge is 0.295 e. The summed E-state index contributed by atoms with van der Waals surface area (Å²) in [7, 11) is 5.43. The van der Waals surface area contributed by atoms with Gasteiger partial charge in [-0.3, -0.25) is 9.59 Å². The Bertz CT molecular complexity index is 1050. The Morgan fingerprint density at radius 1 is 1.12 bits per heavy atom. The average molecular weight is 473 g/mol. The highest BCUT2D eigenvalue weighted by Gasteiger charge is 2.46. The van der Waals surface area contributed by atoms with Crippen LogP contribution in [0.3, 0.4) is 0 Å². The van der Waals surface area contributed by atoms with Gasteiger partial charge in [-0.1, -0.05) is 17.7 Å². The zero-order valence-electron chi connectivity index (χ0n) is 19.3. The number of amides is 1. The number of nitrogens with zero attached hydrogens (tertiary/aromatic N) is 2. The van der Waals surface area contributed by atoms with E-state index in [1.165, 1.54) is 12.0 Å². The predicted molar refractivity (Wildman–Crippen MR) is 128 cm³/mol. The minimum atomic E-state index is -0.757. The van der Waals surface area contributed by atoms with Crippen molar-refractivity contribution in [1.29, 1.82) is 0 Å². The molecule has 1 atom stereocenters. The number of aliphatic hydroxyl groups excluding tert-OH is 1. The maximum Gasteiger partial charge on any atom is 0.295 e. The van der Waals surface area contributed by atoms with Gasteiger partial charge in [0.1, 0.15) is 5.76 Å². The number of benzene rings is 2. The molecule has 2 aromatic rings. The van der Waals surface area contributed by atoms with Crippen molar-refractivity contribution in [3.05, 3.63) is 64.2 Å². The highest BCUT2D eigenvalue weighted by Crippen LogP contribution is 2.42. The number of likely N-dealkylation sites (tertiary alicyclic amines) is 1. The van der Waals surface area contributed by atoms with E-state index in [0.717, 1.165) is 6.54 Å². The fraction of sp³-hybridized carbons (Fsp3) is 0.360. The molecule has 8 heteroatoms. The standard InChI is InChI=1S/C25H29ClN2O5/c1-5-33-19-12-9-17(15-20(19)32-4)22-21(23(29)16-7-10-18(26)11-8-16)24(30)25(31)28(22)14-6-13-27(2)3/h7-12,15,22,29H,5-6,13-14H2,1-4H3. The lowest BCUT2D eigenvalue weighted by molar-refractivity contribution is -0.139. The van der Waals surface area contributed by atoms with Crippen LogP contribution in [0.4, 0.5) is 0 Å². The lowest BCUT2D eigenvalue weighted by Gasteiger charge is -2.26. The molecule has 0 bridgehead atoms. The fourth-order valence-corrected chi connectivity index (χ4v) is 4.03. The average Bonchev–Trinajstić information content (AvgIpc) is 3.04. The summed E-state index contributed by atoms with van der Waals surface area (Å²) in [6.07, 6.45) is 0.672. The molecule has 0 aromatic heterocycles. The van der Waals surface area contributed by atoms with Gasteiger partial charge in [-0.25, -0.2) is 0 Å². The van der Waals surface area contributed by atoms with E-state index in [1.807, 2.05) is 25.9 Å². The molecule has 1 amide bonds. The van der Waals surface area contributed by atoms with Crippen molar-refractivity contribution >= 4 is 29.1 Å². The van der Waals surface area contributed by atoms with Crippen LogP contribution in [0.15, 0.2) is 48.0 Å². The second-order valence-electron chi connectivity index (χ2n) is 8.00. The highest BCUT2D eigenvalue weighted by atomic mass is 35.5. The van der Waals surface area contributed by atoms with Crippen molar-refractivity contribution in [3.8, 4) is 11.5 Å². The van der Waals surface area contributed by atoms with E-state index in [9.17, 15) is 14.7 Å². The van der Waals surface area contributed by atoms with Crippen LogP contribution in [-0.4, -0.2) is 67.5 Å². The Morgan fingerprint density at radius 3 is 2.42 bits per heavy atom. The summed E-state index contributed by atoms with van der Waals surface area (Å²) in [5.41, 5.74) is 1.10. The maximum absolute atomic E-state index is 13.1. The highest BCUT2D eigenvalue weighted by molar-refractivity contribution is 6.46. The zero-order valence-corrected chi connectivity index (χ0v) is 20.1. The molecule has 176 valence electrons. The molecule has 1 saturated heterocycles. The maximum atomic E-state index is 13.1. The number of Topliss-reactive ketones (excluding diaryl/α,β-unsaturated/α-hetero) is 1. The molecule has 2 aromatic carbocycles. The summed E-state index contributed by atoms with van der Waals surface area (Å²) in [4.78, 5) is 29.7. The monoisotopic (exact) mass is 472 g/mol. The third kappa shape index (κ3) is 5.31. The Balaban J connectivity index is 2.12. The van der Waals surface area contributed by atoms with Crippen molar-refractivity contribution in [2.45, 2.75) is 19.4 Å². The minimum Gasteiger partial charge on any atom is -0.507 e. The molecule has 0 radical (unpaired) electrons. The minimum absolute atomic E-state index is 0.0402. The third-order valence-corrected chi connectivity index (χ3v) is 5.72. The van der Waals surface area contributed by atoms with E-state index in [1.54, 1.807) is 42.5 Å². The lowest BCUT2D eigenvalue weighted by Crippen LogP contribution is -2.32. The molecule has 3 rings (SSSR count). The molecule has 7 nitrogen and oxygen atoms in total. The Hall–Kier alpha value is -3.03. The van der Waals surface area contributed by atoms with E-state index >= 15 is 0 Å². The molecule has 0 spiro atoms. The number of rotatable bonds is 9. The van der Waals surface area contributed by atoms with Crippen LogP contribution in [0.2, 0.25) is 5.02 Å².